The quantitative estimate of drug-likeness (QED) is 0.0982. The number of nitrogens with zero attached hydrogens (tertiary/aromatic N) is 3. The standard InChI is InChI=1S/C18H31N5O7.2ClH/c1-6-14(20-24)18(4,5)22-29-10-9-19-17(2,3)15(21-25)12-28-11-13-7-8-16(30-13)23(26)27;;/h7-8,19,22,24-25H,6,9-12H2,1-5H3;2*1H. The first-order valence-electron chi connectivity index (χ1n) is 9.45. The lowest BCUT2D eigenvalue weighted by Crippen LogP contribution is -2.51. The monoisotopic (exact) mass is 501 g/mol. The Bertz CT molecular complexity index is 754. The van der Waals surface area contributed by atoms with Crippen molar-refractivity contribution in [1.29, 1.82) is 0 Å². The van der Waals surface area contributed by atoms with Crippen molar-refractivity contribution in [2.75, 3.05) is 19.8 Å². The van der Waals surface area contributed by atoms with Gasteiger partial charge in [0.05, 0.1) is 36.1 Å². The molecular formula is C18H33Cl2N5O7. The third kappa shape index (κ3) is 10.1. The van der Waals surface area contributed by atoms with Crippen LogP contribution >= 0.6 is 24.8 Å². The van der Waals surface area contributed by atoms with Crippen molar-refractivity contribution in [1.82, 2.24) is 10.8 Å². The fourth-order valence-electron chi connectivity index (χ4n) is 2.57. The molecule has 1 rings (SSSR count). The van der Waals surface area contributed by atoms with Crippen molar-refractivity contribution in [3.8, 4) is 0 Å². The molecule has 0 aliphatic heterocycles. The Morgan fingerprint density at radius 3 is 2.28 bits per heavy atom. The van der Waals surface area contributed by atoms with Crippen LogP contribution in [0, 0.1) is 10.1 Å². The molecule has 32 heavy (non-hydrogen) atoms. The second-order valence-corrected chi connectivity index (χ2v) is 7.56. The Morgan fingerprint density at radius 1 is 1.16 bits per heavy atom. The SMILES string of the molecule is CCC(=NO)C(C)(C)NOCCNC(C)(C)C(COCc1ccc([N+](=O)[O-])o1)=NO.Cl.Cl. The second-order valence-electron chi connectivity index (χ2n) is 7.56. The topological polar surface area (TPSA) is 164 Å². The van der Waals surface area contributed by atoms with Gasteiger partial charge >= 0.3 is 5.88 Å². The minimum Gasteiger partial charge on any atom is -0.411 e. The van der Waals surface area contributed by atoms with Crippen LogP contribution in [-0.4, -0.2) is 57.6 Å². The fourth-order valence-corrected chi connectivity index (χ4v) is 2.57. The Labute approximate surface area is 199 Å². The zero-order valence-corrected chi connectivity index (χ0v) is 20.4. The van der Waals surface area contributed by atoms with E-state index in [1.165, 1.54) is 12.1 Å². The molecule has 1 aromatic heterocycles. The second kappa shape index (κ2) is 15.0. The average Bonchev–Trinajstić information content (AvgIpc) is 3.14. The van der Waals surface area contributed by atoms with Gasteiger partial charge in [-0.3, -0.25) is 15.0 Å². The summed E-state index contributed by atoms with van der Waals surface area (Å²) >= 11 is 0. The Balaban J connectivity index is 0. The lowest BCUT2D eigenvalue weighted by atomic mass is 9.98. The van der Waals surface area contributed by atoms with E-state index in [9.17, 15) is 15.3 Å². The number of oxime groups is 2. The van der Waals surface area contributed by atoms with Gasteiger partial charge in [-0.15, -0.1) is 24.8 Å². The van der Waals surface area contributed by atoms with Crippen LogP contribution in [0.25, 0.3) is 0 Å². The summed E-state index contributed by atoms with van der Waals surface area (Å²) in [6.45, 7) is 9.90. The molecule has 14 heteroatoms. The number of furan rings is 1. The molecule has 1 heterocycles. The lowest BCUT2D eigenvalue weighted by Gasteiger charge is -2.28. The first-order valence-corrected chi connectivity index (χ1v) is 9.45. The third-order valence-electron chi connectivity index (χ3n) is 4.43. The first kappa shape index (κ1) is 32.2. The number of ether oxygens (including phenoxy) is 1. The number of hydrogen-bond acceptors (Lipinski definition) is 11. The van der Waals surface area contributed by atoms with Crippen molar-refractivity contribution in [2.45, 2.75) is 58.7 Å². The zero-order valence-electron chi connectivity index (χ0n) is 18.8. The summed E-state index contributed by atoms with van der Waals surface area (Å²) in [7, 11) is 0. The van der Waals surface area contributed by atoms with E-state index in [0.29, 0.717) is 36.8 Å². The molecule has 0 spiro atoms. The van der Waals surface area contributed by atoms with Crippen LogP contribution in [0.5, 0.6) is 0 Å². The Morgan fingerprint density at radius 2 is 1.78 bits per heavy atom. The minimum atomic E-state index is -0.704. The molecule has 1 aromatic rings. The summed E-state index contributed by atoms with van der Waals surface area (Å²) in [4.78, 5) is 15.4. The van der Waals surface area contributed by atoms with Crippen LogP contribution in [0.2, 0.25) is 0 Å². The van der Waals surface area contributed by atoms with Crippen molar-refractivity contribution in [2.24, 2.45) is 10.3 Å². The molecule has 0 saturated heterocycles. The molecule has 4 N–H and O–H groups in total. The van der Waals surface area contributed by atoms with Gasteiger partial charge in [-0.2, -0.15) is 5.48 Å². The van der Waals surface area contributed by atoms with Gasteiger partial charge < -0.3 is 24.9 Å². The van der Waals surface area contributed by atoms with Crippen LogP contribution in [-0.2, 0) is 16.2 Å². The van der Waals surface area contributed by atoms with E-state index in [4.69, 9.17) is 19.2 Å². The van der Waals surface area contributed by atoms with E-state index in [-0.39, 0.29) is 43.9 Å². The van der Waals surface area contributed by atoms with E-state index in [1.807, 2.05) is 34.6 Å². The maximum atomic E-state index is 10.6. The first-order chi connectivity index (χ1) is 14.1. The number of hydroxylamine groups is 1. The molecule has 0 radical (unpaired) electrons. The van der Waals surface area contributed by atoms with Crippen LogP contribution in [0.1, 0.15) is 46.8 Å². The zero-order chi connectivity index (χ0) is 22.8. The van der Waals surface area contributed by atoms with E-state index in [2.05, 4.69) is 21.1 Å². The van der Waals surface area contributed by atoms with Gasteiger partial charge in [0, 0.05) is 6.54 Å². The smallest absolute Gasteiger partial charge is 0.411 e. The summed E-state index contributed by atoms with van der Waals surface area (Å²) in [6, 6.07) is 2.70. The Hall–Kier alpha value is -1.96. The number of nitro groups is 1. The highest BCUT2D eigenvalue weighted by atomic mass is 35.5. The highest BCUT2D eigenvalue weighted by molar-refractivity contribution is 5.93. The molecule has 0 saturated carbocycles. The molecule has 0 aliphatic rings. The highest BCUT2D eigenvalue weighted by Gasteiger charge is 2.27. The summed E-state index contributed by atoms with van der Waals surface area (Å²) < 4.78 is 10.5. The summed E-state index contributed by atoms with van der Waals surface area (Å²) in [6.07, 6.45) is 0.576. The number of halogens is 2. The summed E-state index contributed by atoms with van der Waals surface area (Å²) in [5.74, 6) is -0.0653. The van der Waals surface area contributed by atoms with Gasteiger partial charge in [0.25, 0.3) is 0 Å². The molecular weight excluding hydrogens is 469 g/mol. The molecule has 0 unspecified atom stereocenters. The van der Waals surface area contributed by atoms with Gasteiger partial charge in [0.15, 0.2) is 0 Å². The van der Waals surface area contributed by atoms with Gasteiger partial charge in [-0.1, -0.05) is 17.2 Å². The minimum absolute atomic E-state index is 0. The van der Waals surface area contributed by atoms with Gasteiger partial charge in [-0.25, -0.2) is 0 Å². The average molecular weight is 502 g/mol. The molecule has 0 fully saturated rings. The maximum Gasteiger partial charge on any atom is 0.433 e. The molecule has 0 aromatic carbocycles. The summed E-state index contributed by atoms with van der Waals surface area (Å²) in [5, 5.41) is 38.7. The highest BCUT2D eigenvalue weighted by Crippen LogP contribution is 2.16. The summed E-state index contributed by atoms with van der Waals surface area (Å²) in [5.41, 5.74) is 2.43. The molecule has 0 amide bonds. The van der Waals surface area contributed by atoms with Crippen LogP contribution in [0.15, 0.2) is 26.9 Å². The number of nitrogens with one attached hydrogen (secondary N) is 2. The predicted molar refractivity (Wildman–Crippen MR) is 123 cm³/mol. The molecule has 0 atom stereocenters. The maximum absolute atomic E-state index is 10.6. The number of hydrogen-bond donors (Lipinski definition) is 4. The van der Waals surface area contributed by atoms with Gasteiger partial charge in [0.2, 0.25) is 0 Å². The van der Waals surface area contributed by atoms with Gasteiger partial charge in [-0.05, 0) is 40.2 Å². The predicted octanol–water partition coefficient (Wildman–Crippen LogP) is 3.29. The van der Waals surface area contributed by atoms with Crippen LogP contribution in [0.4, 0.5) is 5.88 Å². The van der Waals surface area contributed by atoms with Crippen molar-refractivity contribution < 1.29 is 29.3 Å². The van der Waals surface area contributed by atoms with Crippen molar-refractivity contribution >= 4 is 42.1 Å². The van der Waals surface area contributed by atoms with E-state index >= 15 is 0 Å². The fraction of sp³-hybridized carbons (Fsp3) is 0.667. The van der Waals surface area contributed by atoms with Crippen molar-refractivity contribution in [3.63, 3.8) is 0 Å². The van der Waals surface area contributed by atoms with Crippen LogP contribution in [0.3, 0.4) is 0 Å². The van der Waals surface area contributed by atoms with Crippen LogP contribution < -0.4 is 10.8 Å². The molecule has 186 valence electrons. The number of rotatable bonds is 14. The van der Waals surface area contributed by atoms with E-state index < -0.39 is 16.0 Å². The molecule has 0 bridgehead atoms. The third-order valence-corrected chi connectivity index (χ3v) is 4.43. The largest absolute Gasteiger partial charge is 0.433 e. The Kier molecular flexibility index (Phi) is 15.1. The normalized spacial score (nSPS) is 12.8. The molecule has 12 nitrogen and oxygen atoms in total. The lowest BCUT2D eigenvalue weighted by molar-refractivity contribution is -0.402. The van der Waals surface area contributed by atoms with Crippen molar-refractivity contribution in [3.05, 3.63) is 28.0 Å². The van der Waals surface area contributed by atoms with Gasteiger partial charge in [0.1, 0.15) is 23.0 Å². The van der Waals surface area contributed by atoms with E-state index in [0.717, 1.165) is 0 Å². The molecule has 0 aliphatic carbocycles. The van der Waals surface area contributed by atoms with E-state index in [1.54, 1.807) is 0 Å².